The van der Waals surface area contributed by atoms with Crippen LogP contribution in [0.1, 0.15) is 17.9 Å². The van der Waals surface area contributed by atoms with Gasteiger partial charge in [0.2, 0.25) is 0 Å². The smallest absolute Gasteiger partial charge is 0.361 e. The van der Waals surface area contributed by atoms with Gasteiger partial charge in [0.1, 0.15) is 0 Å². The van der Waals surface area contributed by atoms with Crippen LogP contribution in [0.2, 0.25) is 0 Å². The summed E-state index contributed by atoms with van der Waals surface area (Å²) in [5, 5.41) is 17.0. The third kappa shape index (κ3) is 6.21. The normalized spacial score (nSPS) is 11.2. The molecule has 0 fully saturated rings. The number of hydrogen-bond donors (Lipinski definition) is 3. The first-order valence-corrected chi connectivity index (χ1v) is 4.50. The van der Waals surface area contributed by atoms with Crippen LogP contribution in [0.25, 0.3) is 0 Å². The fourth-order valence-corrected chi connectivity index (χ4v) is 1.20. The van der Waals surface area contributed by atoms with Gasteiger partial charge in [-0.15, -0.1) is 11.3 Å². The maximum atomic E-state index is 8.92. The summed E-state index contributed by atoms with van der Waals surface area (Å²) < 4.78 is 0. The van der Waals surface area contributed by atoms with Gasteiger partial charge in [-0.25, -0.2) is 4.79 Å². The Balaban J connectivity index is 0.000000261. The molecule has 2 N–H and O–H groups in total. The number of hydrogen-bond acceptors (Lipinski definition) is 3. The first-order chi connectivity index (χ1) is 5.54. The molecule has 0 amide bonds. The van der Waals surface area contributed by atoms with Crippen molar-refractivity contribution >= 4 is 29.3 Å². The molecule has 1 heterocycles. The Hall–Kier alpha value is -0.520. The average Bonchev–Trinajstić information content (AvgIpc) is 2.34. The Bertz CT molecular complexity index is 215. The number of carbonyl (C=O) groups is 1. The molecule has 0 aromatic carbocycles. The maximum Gasteiger partial charge on any atom is 0.361 e. The minimum atomic E-state index is -1.14. The van der Waals surface area contributed by atoms with E-state index in [1.807, 2.05) is 17.5 Å². The van der Waals surface area contributed by atoms with Crippen LogP contribution in [0.5, 0.6) is 0 Å². The molecule has 1 unspecified atom stereocenters. The second kappa shape index (κ2) is 6.05. The van der Waals surface area contributed by atoms with Crippen LogP contribution in [0.15, 0.2) is 17.5 Å². The van der Waals surface area contributed by atoms with Crippen molar-refractivity contribution in [2.75, 3.05) is 0 Å². The Labute approximate surface area is 80.1 Å². The number of rotatable bonds is 1. The SMILES string of the molecule is CC(O)c1cccs1.O=C(O)S. The molecular weight excluding hydrogens is 196 g/mol. The van der Waals surface area contributed by atoms with Crippen LogP contribution < -0.4 is 0 Å². The minimum absolute atomic E-state index is 0.296. The van der Waals surface area contributed by atoms with Gasteiger partial charge < -0.3 is 10.2 Å². The quantitative estimate of drug-likeness (QED) is 0.618. The second-order valence-electron chi connectivity index (χ2n) is 1.97. The Morgan fingerprint density at radius 1 is 1.75 bits per heavy atom. The molecule has 0 spiro atoms. The lowest BCUT2D eigenvalue weighted by atomic mass is 10.3. The Morgan fingerprint density at radius 3 is 2.42 bits per heavy atom. The minimum Gasteiger partial charge on any atom is -0.473 e. The number of thiophene rings is 1. The molecule has 0 aliphatic heterocycles. The van der Waals surface area contributed by atoms with Crippen molar-refractivity contribution in [1.29, 1.82) is 0 Å². The monoisotopic (exact) mass is 206 g/mol. The summed E-state index contributed by atoms with van der Waals surface area (Å²) in [6, 6.07) is 3.86. The molecule has 0 aliphatic rings. The number of carboxylic acid groups (broad SMARTS) is 1. The van der Waals surface area contributed by atoms with Gasteiger partial charge in [-0.1, -0.05) is 18.7 Å². The lowest BCUT2D eigenvalue weighted by Gasteiger charge is -1.95. The highest BCUT2D eigenvalue weighted by molar-refractivity contribution is 7.96. The summed E-state index contributed by atoms with van der Waals surface area (Å²) in [5.74, 6) is 0. The fourth-order valence-electron chi connectivity index (χ4n) is 0.529. The van der Waals surface area contributed by atoms with Gasteiger partial charge in [0, 0.05) is 4.88 Å². The van der Waals surface area contributed by atoms with Gasteiger partial charge in [0.15, 0.2) is 0 Å². The Kier molecular flexibility index (Phi) is 5.79. The number of aliphatic hydroxyl groups is 1. The molecule has 0 bridgehead atoms. The highest BCUT2D eigenvalue weighted by Crippen LogP contribution is 2.16. The topological polar surface area (TPSA) is 57.5 Å². The third-order valence-corrected chi connectivity index (χ3v) is 2.00. The third-order valence-electron chi connectivity index (χ3n) is 0.955. The number of aliphatic hydroxyl groups excluding tert-OH is 1. The lowest BCUT2D eigenvalue weighted by molar-refractivity contribution is 0.203. The molecule has 0 saturated heterocycles. The zero-order valence-electron chi connectivity index (χ0n) is 6.47. The first kappa shape index (κ1) is 11.5. The predicted octanol–water partition coefficient (Wildman–Crippen LogP) is 2.40. The van der Waals surface area contributed by atoms with Crippen molar-refractivity contribution in [2.45, 2.75) is 13.0 Å². The summed E-state index contributed by atoms with van der Waals surface area (Å²) in [6.45, 7) is 1.77. The van der Waals surface area contributed by atoms with Crippen molar-refractivity contribution in [3.8, 4) is 0 Å². The summed E-state index contributed by atoms with van der Waals surface area (Å²) in [6.07, 6.45) is -0.296. The van der Waals surface area contributed by atoms with E-state index in [0.29, 0.717) is 0 Å². The van der Waals surface area contributed by atoms with Gasteiger partial charge in [-0.05, 0) is 18.4 Å². The van der Waals surface area contributed by atoms with Crippen molar-refractivity contribution in [1.82, 2.24) is 0 Å². The molecule has 1 aromatic heterocycles. The van der Waals surface area contributed by atoms with Crippen LogP contribution in [0.3, 0.4) is 0 Å². The van der Waals surface area contributed by atoms with E-state index in [-0.39, 0.29) is 6.10 Å². The maximum absolute atomic E-state index is 8.92. The van der Waals surface area contributed by atoms with Crippen LogP contribution in [0.4, 0.5) is 4.79 Å². The van der Waals surface area contributed by atoms with E-state index in [1.54, 1.807) is 18.3 Å². The molecule has 3 nitrogen and oxygen atoms in total. The zero-order valence-corrected chi connectivity index (χ0v) is 8.18. The molecule has 1 aromatic rings. The van der Waals surface area contributed by atoms with Crippen LogP contribution >= 0.6 is 24.0 Å². The summed E-state index contributed by atoms with van der Waals surface area (Å²) in [5.41, 5.74) is 0. The van der Waals surface area contributed by atoms with Crippen molar-refractivity contribution in [3.63, 3.8) is 0 Å². The molecule has 0 radical (unpaired) electrons. The largest absolute Gasteiger partial charge is 0.473 e. The van der Waals surface area contributed by atoms with E-state index in [1.165, 1.54) is 0 Å². The fraction of sp³-hybridized carbons (Fsp3) is 0.286. The highest BCUT2D eigenvalue weighted by atomic mass is 32.1. The summed E-state index contributed by atoms with van der Waals surface area (Å²) in [4.78, 5) is 9.90. The molecule has 1 atom stereocenters. The van der Waals surface area contributed by atoms with Crippen molar-refractivity contribution < 1.29 is 15.0 Å². The lowest BCUT2D eigenvalue weighted by Crippen LogP contribution is -1.82. The van der Waals surface area contributed by atoms with Crippen LogP contribution in [-0.2, 0) is 0 Å². The van der Waals surface area contributed by atoms with E-state index < -0.39 is 5.30 Å². The van der Waals surface area contributed by atoms with Crippen molar-refractivity contribution in [3.05, 3.63) is 22.4 Å². The van der Waals surface area contributed by atoms with E-state index in [4.69, 9.17) is 15.0 Å². The zero-order chi connectivity index (χ0) is 9.56. The van der Waals surface area contributed by atoms with Gasteiger partial charge in [-0.3, -0.25) is 0 Å². The number of thiol groups is 1. The highest BCUT2D eigenvalue weighted by Gasteiger charge is 1.97. The standard InChI is InChI=1S/C6H8OS.CH2O2S/c1-5(7)6-3-2-4-8-6;2-1(3)4/h2-5,7H,1H3;4H,(H,2,3). The average molecular weight is 206 g/mol. The Morgan fingerprint density at radius 2 is 2.25 bits per heavy atom. The molecule has 12 heavy (non-hydrogen) atoms. The second-order valence-corrected chi connectivity index (χ2v) is 3.34. The summed E-state index contributed by atoms with van der Waals surface area (Å²) >= 11 is 4.46. The van der Waals surface area contributed by atoms with E-state index >= 15 is 0 Å². The van der Waals surface area contributed by atoms with Crippen LogP contribution in [-0.4, -0.2) is 15.5 Å². The van der Waals surface area contributed by atoms with E-state index in [9.17, 15) is 0 Å². The van der Waals surface area contributed by atoms with Gasteiger partial charge >= 0.3 is 5.30 Å². The van der Waals surface area contributed by atoms with Gasteiger partial charge in [0.05, 0.1) is 6.10 Å². The molecular formula is C7H10O3S2. The molecule has 0 aliphatic carbocycles. The molecule has 0 saturated carbocycles. The molecule has 1 rings (SSSR count). The first-order valence-electron chi connectivity index (χ1n) is 3.17. The van der Waals surface area contributed by atoms with Crippen LogP contribution in [0, 0.1) is 0 Å². The van der Waals surface area contributed by atoms with Gasteiger partial charge in [-0.2, -0.15) is 0 Å². The van der Waals surface area contributed by atoms with Gasteiger partial charge in [0.25, 0.3) is 0 Å². The predicted molar refractivity (Wildman–Crippen MR) is 52.0 cm³/mol. The van der Waals surface area contributed by atoms with E-state index in [2.05, 4.69) is 12.6 Å². The molecule has 68 valence electrons. The van der Waals surface area contributed by atoms with E-state index in [0.717, 1.165) is 4.88 Å². The molecule has 5 heteroatoms. The summed E-state index contributed by atoms with van der Waals surface area (Å²) in [7, 11) is 0. The van der Waals surface area contributed by atoms with Crippen molar-refractivity contribution in [2.24, 2.45) is 0 Å².